The van der Waals surface area contributed by atoms with E-state index in [9.17, 15) is 8.76 Å². The Morgan fingerprint density at radius 2 is 2.75 bits per heavy atom. The van der Waals surface area contributed by atoms with Crippen LogP contribution in [0.15, 0.2) is 0 Å². The lowest BCUT2D eigenvalue weighted by Gasteiger charge is -1.85. The lowest BCUT2D eigenvalue weighted by atomic mass is 12.0. The molecule has 0 radical (unpaired) electrons. The molecule has 0 aromatic rings. The van der Waals surface area contributed by atoms with Crippen LogP contribution in [0.1, 0.15) is 1.37 Å². The third-order valence-electron chi connectivity index (χ3n) is 0. The fourth-order valence-electron chi connectivity index (χ4n) is 0. The van der Waals surface area contributed by atoms with E-state index < -0.39 is 17.3 Å². The highest BCUT2D eigenvalue weighted by Crippen LogP contribution is 1.45. The molecule has 0 rings (SSSR count). The van der Waals surface area contributed by atoms with E-state index in [1.807, 2.05) is 0 Å². The second-order valence-electron chi connectivity index (χ2n) is 0.304. The van der Waals surface area contributed by atoms with Gasteiger partial charge in [0.1, 0.15) is 0 Å². The van der Waals surface area contributed by atoms with Crippen LogP contribution < -0.4 is 0 Å². The third kappa shape index (κ3) is 215. The molecular weight excluding hydrogens is 76.1 g/mol. The van der Waals surface area contributed by atoms with Crippen LogP contribution in [0.5, 0.6) is 0 Å². The lowest BCUT2D eigenvalue weighted by molar-refractivity contribution is 0.543. The summed E-state index contributed by atoms with van der Waals surface area (Å²) in [6.45, 7) is 0. The molecule has 4 heavy (non-hydrogen) atoms. The van der Waals surface area contributed by atoms with Gasteiger partial charge in [-0.2, -0.15) is 0 Å². The molecule has 0 aliphatic rings. The fraction of sp³-hybridized carbons (Fsp3) is 1.00. The third-order valence-corrected chi connectivity index (χ3v) is 0. The van der Waals surface area contributed by atoms with Crippen molar-refractivity contribution >= 4 is 11.1 Å². The molecule has 0 aromatic carbocycles. The summed E-state index contributed by atoms with van der Waals surface area (Å²) >= 11 is -2.16. The molecule has 26 valence electrons. The Balaban J connectivity index is 2.85. The number of hydrogen-bond acceptors (Lipinski definition) is 2. The van der Waals surface area contributed by atoms with Crippen molar-refractivity contribution in [3.05, 3.63) is 0 Å². The monoisotopic (exact) mass is 80.0 g/mol. The Kier molecular flexibility index (Phi) is 0.842. The molecule has 0 saturated heterocycles. The van der Waals surface area contributed by atoms with Crippen molar-refractivity contribution < 1.29 is 10.1 Å². The number of hydrogen-bond donors (Lipinski definition) is 0. The summed E-state index contributed by atoms with van der Waals surface area (Å²) in [6.07, 6.45) is -0.528. The zero-order valence-corrected chi connectivity index (χ0v) is 2.75. The maximum atomic E-state index is 9.18. The molecular formula is CH3O2S-. The molecule has 1 atom stereocenters. The van der Waals surface area contributed by atoms with Gasteiger partial charge in [-0.15, -0.1) is 0 Å². The van der Waals surface area contributed by atoms with Crippen LogP contribution in [0.3, 0.4) is 0 Å². The van der Waals surface area contributed by atoms with Gasteiger partial charge in [0.25, 0.3) is 0 Å². The largest absolute Gasteiger partial charge is 0.773 e. The molecule has 2 nitrogen and oxygen atoms in total. The van der Waals surface area contributed by atoms with E-state index in [0.717, 1.165) is 0 Å². The summed E-state index contributed by atoms with van der Waals surface area (Å²) in [5.74, 6) is 0. The first-order chi connectivity index (χ1) is 2.27. The average molecular weight is 80.1 g/mol. The second kappa shape index (κ2) is 1.43. The highest BCUT2D eigenvalue weighted by molar-refractivity contribution is 7.78. The minimum absolute atomic E-state index is 0.528. The van der Waals surface area contributed by atoms with E-state index in [2.05, 4.69) is 0 Å². The van der Waals surface area contributed by atoms with E-state index in [1.165, 1.54) is 0 Å². The van der Waals surface area contributed by atoms with Crippen LogP contribution in [0.25, 0.3) is 0 Å². The van der Waals surface area contributed by atoms with E-state index in [4.69, 9.17) is 1.37 Å². The quantitative estimate of drug-likeness (QED) is 0.368. The van der Waals surface area contributed by atoms with Crippen molar-refractivity contribution in [1.29, 1.82) is 0 Å². The molecule has 0 spiro atoms. The molecule has 0 aromatic heterocycles. The Bertz CT molecular complexity index is 44.9. The van der Waals surface area contributed by atoms with Gasteiger partial charge in [-0.1, -0.05) is 11.1 Å². The van der Waals surface area contributed by atoms with Gasteiger partial charge in [0.05, 0.1) is 0 Å². The first kappa shape index (κ1) is 2.35. The summed E-state index contributed by atoms with van der Waals surface area (Å²) in [4.78, 5) is 0. The summed E-state index contributed by atoms with van der Waals surface area (Å²) in [6, 6.07) is 0. The normalized spacial score (nSPS) is 18.8. The molecule has 0 fully saturated rings. The molecule has 0 bridgehead atoms. The summed E-state index contributed by atoms with van der Waals surface area (Å²) in [5, 5.41) is 0. The van der Waals surface area contributed by atoms with Crippen LogP contribution in [-0.2, 0) is 11.1 Å². The molecule has 3 heteroatoms. The minimum atomic E-state index is -2.16. The smallest absolute Gasteiger partial charge is 0.0358 e. The van der Waals surface area contributed by atoms with Gasteiger partial charge in [-0.3, -0.25) is 4.21 Å². The molecule has 0 N–H and O–H groups in total. The van der Waals surface area contributed by atoms with E-state index in [1.54, 1.807) is 0 Å². The number of rotatable bonds is 0. The summed E-state index contributed by atoms with van der Waals surface area (Å²) in [5.41, 5.74) is 0. The van der Waals surface area contributed by atoms with Crippen LogP contribution >= 0.6 is 0 Å². The molecule has 0 amide bonds. The van der Waals surface area contributed by atoms with E-state index in [0.29, 0.717) is 0 Å². The van der Waals surface area contributed by atoms with Gasteiger partial charge >= 0.3 is 0 Å². The van der Waals surface area contributed by atoms with Gasteiger partial charge < -0.3 is 4.55 Å². The van der Waals surface area contributed by atoms with Crippen molar-refractivity contribution in [2.75, 3.05) is 6.23 Å². The second-order valence-corrected chi connectivity index (χ2v) is 0.911. The first-order valence-corrected chi connectivity index (χ1v) is 1.87. The van der Waals surface area contributed by atoms with Crippen molar-refractivity contribution in [3.8, 4) is 0 Å². The van der Waals surface area contributed by atoms with E-state index in [-0.39, 0.29) is 0 Å². The van der Waals surface area contributed by atoms with Gasteiger partial charge in [-0.05, 0) is 6.23 Å². The van der Waals surface area contributed by atoms with Crippen molar-refractivity contribution in [2.45, 2.75) is 0 Å². The lowest BCUT2D eigenvalue weighted by Crippen LogP contribution is -1.73. The Morgan fingerprint density at radius 3 is 2.75 bits per heavy atom. The van der Waals surface area contributed by atoms with Gasteiger partial charge in [0.2, 0.25) is 0 Å². The predicted molar refractivity (Wildman–Crippen MR) is 14.8 cm³/mol. The standard InChI is InChI=1S/CH4O2S/c1-4(2)3/h1H3,(H,2,3)/p-1/i1D. The SMILES string of the molecule is [2H]CS(=O)[O-]. The van der Waals surface area contributed by atoms with Crippen molar-refractivity contribution in [1.82, 2.24) is 0 Å². The molecule has 1 unspecified atom stereocenters. The van der Waals surface area contributed by atoms with Gasteiger partial charge in [0.15, 0.2) is 0 Å². The first-order valence-electron chi connectivity index (χ1n) is 1.33. The molecule has 0 saturated carbocycles. The predicted octanol–water partition coefficient (Wildman–Crippen LogP) is -0.505. The maximum Gasteiger partial charge on any atom is 0.0358 e. The highest BCUT2D eigenvalue weighted by atomic mass is 32.2. The maximum absolute atomic E-state index is 9.18. The van der Waals surface area contributed by atoms with Crippen molar-refractivity contribution in [2.24, 2.45) is 0 Å². The zero-order valence-electron chi connectivity index (χ0n) is 2.93. The van der Waals surface area contributed by atoms with Crippen LogP contribution in [-0.4, -0.2) is 15.0 Å². The van der Waals surface area contributed by atoms with Crippen LogP contribution in [0, 0.1) is 0 Å². The minimum Gasteiger partial charge on any atom is -0.773 e. The Hall–Kier alpha value is 0.110. The van der Waals surface area contributed by atoms with Crippen molar-refractivity contribution in [3.63, 3.8) is 0 Å². The van der Waals surface area contributed by atoms with Gasteiger partial charge in [-0.25, -0.2) is 0 Å². The molecule has 0 heterocycles. The Morgan fingerprint density at radius 1 is 2.50 bits per heavy atom. The highest BCUT2D eigenvalue weighted by Gasteiger charge is 1.41. The Labute approximate surface area is 28.5 Å². The molecule has 0 aliphatic carbocycles. The molecule has 0 aliphatic heterocycles. The average Bonchev–Trinajstić information content (AvgIpc) is 1.38. The topological polar surface area (TPSA) is 40.1 Å². The van der Waals surface area contributed by atoms with Gasteiger partial charge in [0, 0.05) is 1.37 Å². The van der Waals surface area contributed by atoms with Crippen LogP contribution in [0.2, 0.25) is 0 Å². The fourth-order valence-corrected chi connectivity index (χ4v) is 0. The van der Waals surface area contributed by atoms with E-state index >= 15 is 0 Å². The van der Waals surface area contributed by atoms with Crippen LogP contribution in [0.4, 0.5) is 0 Å². The summed E-state index contributed by atoms with van der Waals surface area (Å²) in [7, 11) is 0. The zero-order chi connectivity index (χ0) is 4.28. The summed E-state index contributed by atoms with van der Waals surface area (Å²) < 4.78 is 24.4.